The molecule has 43 heavy (non-hydrogen) atoms. The van der Waals surface area contributed by atoms with Crippen molar-refractivity contribution in [3.63, 3.8) is 0 Å². The lowest BCUT2D eigenvalue weighted by Gasteiger charge is -2.44. The van der Waals surface area contributed by atoms with E-state index in [1.165, 1.54) is 0 Å². The number of rotatable bonds is 10. The Morgan fingerprint density at radius 3 is 2.21 bits per heavy atom. The lowest BCUT2D eigenvalue weighted by molar-refractivity contribution is -0.178. The van der Waals surface area contributed by atoms with Crippen molar-refractivity contribution in [2.24, 2.45) is 16.8 Å². The van der Waals surface area contributed by atoms with Gasteiger partial charge in [-0.15, -0.1) is 11.8 Å². The Morgan fingerprint density at radius 2 is 1.56 bits per heavy atom. The molecule has 0 saturated carbocycles. The van der Waals surface area contributed by atoms with Crippen molar-refractivity contribution in [3.8, 4) is 0 Å². The number of ether oxygens (including phenoxy) is 2. The van der Waals surface area contributed by atoms with Crippen LogP contribution in [0.2, 0.25) is 0 Å². The van der Waals surface area contributed by atoms with E-state index in [-0.39, 0.29) is 5.91 Å². The number of carboxylic acid groups (broad SMARTS) is 1. The third-order valence-electron chi connectivity index (χ3n) is 9.24. The average Bonchev–Trinajstić information content (AvgIpc) is 3.62. The summed E-state index contributed by atoms with van der Waals surface area (Å²) in [4.78, 5) is 38.2. The number of carboxylic acids is 1. The molecule has 0 radical (unpaired) electrons. The van der Waals surface area contributed by atoms with Gasteiger partial charge in [-0.05, 0) is 29.7 Å². The zero-order valence-corrected chi connectivity index (χ0v) is 24.7. The Morgan fingerprint density at radius 1 is 0.930 bits per heavy atom. The minimum absolute atomic E-state index is 0.181. The Labute approximate surface area is 255 Å². The molecule has 2 bridgehead atoms. The molecule has 3 aromatic rings. The van der Waals surface area contributed by atoms with Crippen LogP contribution in [0.15, 0.2) is 101 Å². The van der Waals surface area contributed by atoms with E-state index in [9.17, 15) is 14.7 Å². The number of aliphatic imine (C=N–C) groups is 1. The van der Waals surface area contributed by atoms with Crippen molar-refractivity contribution in [3.05, 3.63) is 102 Å². The fourth-order valence-electron chi connectivity index (χ4n) is 7.35. The lowest BCUT2D eigenvalue weighted by atomic mass is 9.74. The number of benzene rings is 3. The van der Waals surface area contributed by atoms with Crippen molar-refractivity contribution in [2.75, 3.05) is 38.6 Å². The summed E-state index contributed by atoms with van der Waals surface area (Å²) in [7, 11) is 0. The number of likely N-dealkylation sites (tertiary alicyclic amines) is 1. The molecule has 1 amide bonds. The fourth-order valence-corrected chi connectivity index (χ4v) is 8.47. The zero-order chi connectivity index (χ0) is 29.4. The maximum Gasteiger partial charge on any atom is 0.312 e. The second-order valence-electron chi connectivity index (χ2n) is 11.6. The molecule has 4 aliphatic heterocycles. The topological polar surface area (TPSA) is 91.7 Å². The van der Waals surface area contributed by atoms with Crippen molar-refractivity contribution >= 4 is 29.4 Å². The summed E-state index contributed by atoms with van der Waals surface area (Å²) in [6, 6.07) is 29.7. The number of aliphatic carboxylic acids is 1. The van der Waals surface area contributed by atoms with E-state index in [2.05, 4.69) is 29.2 Å². The summed E-state index contributed by atoms with van der Waals surface area (Å²) in [5, 5.41) is 10.9. The molecule has 5 atom stereocenters. The zero-order valence-electron chi connectivity index (χ0n) is 23.9. The van der Waals surface area contributed by atoms with Crippen LogP contribution in [0.3, 0.4) is 0 Å². The molecule has 4 heterocycles. The molecule has 4 aliphatic rings. The van der Waals surface area contributed by atoms with Crippen LogP contribution in [0.4, 0.5) is 0 Å². The first-order chi connectivity index (χ1) is 21.0. The van der Waals surface area contributed by atoms with Gasteiger partial charge in [0.1, 0.15) is 11.8 Å². The highest BCUT2D eigenvalue weighted by molar-refractivity contribution is 7.99. The van der Waals surface area contributed by atoms with Crippen LogP contribution in [0.25, 0.3) is 0 Å². The van der Waals surface area contributed by atoms with Crippen molar-refractivity contribution in [2.45, 2.75) is 35.2 Å². The van der Waals surface area contributed by atoms with Gasteiger partial charge in [0.05, 0.1) is 25.0 Å². The van der Waals surface area contributed by atoms with Crippen molar-refractivity contribution in [1.29, 1.82) is 0 Å². The molecule has 1 spiro atoms. The quantitative estimate of drug-likeness (QED) is 0.354. The number of thioether (sulfide) groups is 1. The van der Waals surface area contributed by atoms with Gasteiger partial charge in [0, 0.05) is 36.7 Å². The molecule has 3 fully saturated rings. The normalized spacial score (nSPS) is 30.0. The Balaban J connectivity index is 1.32. The Kier molecular flexibility index (Phi) is 7.59. The van der Waals surface area contributed by atoms with Gasteiger partial charge in [0.15, 0.2) is 11.4 Å². The van der Waals surface area contributed by atoms with Gasteiger partial charge in [0.2, 0.25) is 5.91 Å². The monoisotopic (exact) mass is 597 g/mol. The smallest absolute Gasteiger partial charge is 0.312 e. The molecule has 3 aromatic carbocycles. The van der Waals surface area contributed by atoms with Gasteiger partial charge in [-0.1, -0.05) is 78.9 Å². The van der Waals surface area contributed by atoms with Crippen LogP contribution in [0.5, 0.6) is 0 Å². The second-order valence-corrected chi connectivity index (χ2v) is 12.7. The largest absolute Gasteiger partial charge is 0.481 e. The van der Waals surface area contributed by atoms with E-state index >= 15 is 0 Å². The third-order valence-corrected chi connectivity index (χ3v) is 10.3. The molecule has 5 unspecified atom stereocenters. The maximum atomic E-state index is 14.5. The lowest BCUT2D eigenvalue weighted by Crippen LogP contribution is -2.64. The van der Waals surface area contributed by atoms with Crippen LogP contribution in [0.1, 0.15) is 11.1 Å². The minimum Gasteiger partial charge on any atom is -0.481 e. The number of amides is 1. The average molecular weight is 598 g/mol. The van der Waals surface area contributed by atoms with E-state index in [4.69, 9.17) is 14.5 Å². The molecule has 1 N–H and O–H groups in total. The molecule has 0 aromatic heterocycles. The van der Waals surface area contributed by atoms with Crippen LogP contribution >= 0.6 is 11.8 Å². The van der Waals surface area contributed by atoms with Crippen molar-refractivity contribution in [1.82, 2.24) is 9.80 Å². The summed E-state index contributed by atoms with van der Waals surface area (Å²) in [5.74, 6) is -2.66. The molecular formula is C34H35N3O5S. The first-order valence-corrected chi connectivity index (χ1v) is 15.9. The molecule has 3 saturated heterocycles. The van der Waals surface area contributed by atoms with Crippen LogP contribution in [-0.2, 0) is 31.9 Å². The summed E-state index contributed by atoms with van der Waals surface area (Å²) >= 11 is 1.65. The predicted octanol–water partition coefficient (Wildman–Crippen LogP) is 4.00. The fraction of sp³-hybridized carbons (Fsp3) is 0.382. The first-order valence-electron chi connectivity index (χ1n) is 14.9. The van der Waals surface area contributed by atoms with Crippen LogP contribution in [-0.4, -0.2) is 88.6 Å². The highest BCUT2D eigenvalue weighted by atomic mass is 32.2. The molecular weight excluding hydrogens is 562 g/mol. The van der Waals surface area contributed by atoms with E-state index < -0.39 is 35.3 Å². The standard InChI is InChI=1S/C34H35N3O5S/c38-31-29-30(32(39)40)34(36-18-20-41-21-19-36)27(22-25-12-6-2-7-13-25)35-33(29,42-34)28(23-43-26-14-8-3-9-15-26)37(31)17-16-24-10-4-1-5-11-24/h1-15,28-30H,16-23H2,(H,39,40). The highest BCUT2D eigenvalue weighted by Crippen LogP contribution is 2.61. The predicted molar refractivity (Wildman–Crippen MR) is 164 cm³/mol. The molecule has 0 aliphatic carbocycles. The molecule has 7 rings (SSSR count). The SMILES string of the molecule is O=C(O)C1C2C(=O)N(CCc3ccccc3)C(CSc3ccccc3)C23N=C(Cc2ccccc2)C1(N1CCOCC1)O3. The number of fused-ring (bicyclic) bond motifs is 1. The number of carbonyl (C=O) groups is 2. The van der Waals surface area contributed by atoms with Gasteiger partial charge in [-0.2, -0.15) is 0 Å². The van der Waals surface area contributed by atoms with Gasteiger partial charge < -0.3 is 19.5 Å². The Bertz CT molecular complexity index is 1500. The number of hydrogen-bond donors (Lipinski definition) is 1. The van der Waals surface area contributed by atoms with Crippen molar-refractivity contribution < 1.29 is 24.2 Å². The van der Waals surface area contributed by atoms with E-state index in [1.807, 2.05) is 71.6 Å². The second kappa shape index (κ2) is 11.5. The molecule has 222 valence electrons. The van der Waals surface area contributed by atoms with Gasteiger partial charge >= 0.3 is 5.97 Å². The van der Waals surface area contributed by atoms with E-state index in [0.717, 1.165) is 16.0 Å². The van der Waals surface area contributed by atoms with Gasteiger partial charge in [-0.25, -0.2) is 0 Å². The number of nitrogens with zero attached hydrogens (tertiary/aromatic N) is 3. The van der Waals surface area contributed by atoms with Gasteiger partial charge in [0.25, 0.3) is 0 Å². The minimum atomic E-state index is -1.31. The number of morpholine rings is 1. The summed E-state index contributed by atoms with van der Waals surface area (Å²) in [6.07, 6.45) is 1.11. The maximum absolute atomic E-state index is 14.5. The summed E-state index contributed by atoms with van der Waals surface area (Å²) < 4.78 is 12.8. The number of hydrogen-bond acceptors (Lipinski definition) is 7. The Hall–Kier alpha value is -3.50. The summed E-state index contributed by atoms with van der Waals surface area (Å²) in [6.45, 7) is 2.42. The van der Waals surface area contributed by atoms with E-state index in [0.29, 0.717) is 57.2 Å². The van der Waals surface area contributed by atoms with Gasteiger partial charge in [-0.3, -0.25) is 19.5 Å². The highest BCUT2D eigenvalue weighted by Gasteiger charge is 2.81. The van der Waals surface area contributed by atoms with Crippen LogP contribution < -0.4 is 0 Å². The molecule has 9 heteroatoms. The van der Waals surface area contributed by atoms with E-state index in [1.54, 1.807) is 11.8 Å². The number of carbonyl (C=O) groups excluding carboxylic acids is 1. The van der Waals surface area contributed by atoms with Crippen LogP contribution in [0, 0.1) is 11.8 Å². The third kappa shape index (κ3) is 4.79. The molecule has 8 nitrogen and oxygen atoms in total. The summed E-state index contributed by atoms with van der Waals surface area (Å²) in [5.41, 5.74) is 0.241. The first kappa shape index (κ1) is 28.3.